The summed E-state index contributed by atoms with van der Waals surface area (Å²) < 4.78 is 30.6. The number of halogens is 2. The summed E-state index contributed by atoms with van der Waals surface area (Å²) in [7, 11) is -3.58. The van der Waals surface area contributed by atoms with E-state index in [2.05, 4.69) is 0 Å². The number of hydrogen-bond donors (Lipinski definition) is 1. The molecule has 1 aromatic rings. The predicted molar refractivity (Wildman–Crippen MR) is 87.2 cm³/mol. The van der Waals surface area contributed by atoms with Crippen molar-refractivity contribution >= 4 is 33.0 Å². The van der Waals surface area contributed by atoms with Crippen molar-refractivity contribution in [3.05, 3.63) is 55.9 Å². The number of nitrogens with two attached hydrogens (primary N) is 1. The van der Waals surface area contributed by atoms with Gasteiger partial charge in [0, 0.05) is 22.0 Å². The highest BCUT2D eigenvalue weighted by Crippen LogP contribution is 2.48. The molecular weight excluding hydrogens is 359 g/mol. The van der Waals surface area contributed by atoms with Crippen molar-refractivity contribution in [3.63, 3.8) is 0 Å². The van der Waals surface area contributed by atoms with Crippen LogP contribution in [0.2, 0.25) is 10.0 Å². The smallest absolute Gasteiger partial charge is 0.205 e. The molecule has 0 fully saturated rings. The van der Waals surface area contributed by atoms with Gasteiger partial charge in [-0.1, -0.05) is 29.3 Å². The Morgan fingerprint density at radius 3 is 2.57 bits per heavy atom. The summed E-state index contributed by atoms with van der Waals surface area (Å²) in [6.07, 6.45) is 0.881. The SMILES string of the molecule is N#CC1=C(N)OC2=C(C1c1c(Cl)cccc1Cl)S(=O)(=O)CCC2. The second-order valence-electron chi connectivity index (χ2n) is 5.27. The molecule has 0 aliphatic carbocycles. The summed E-state index contributed by atoms with van der Waals surface area (Å²) in [6, 6.07) is 6.78. The first-order valence-electron chi connectivity index (χ1n) is 6.84. The molecule has 2 aliphatic rings. The predicted octanol–water partition coefficient (Wildman–Crippen LogP) is 3.22. The standard InChI is InChI=1S/C15H12Cl2N2O3S/c16-9-3-1-4-10(17)13(9)12-8(7-18)15(19)22-11-5-2-6-23(20,21)14(11)12/h1,3-4,12H,2,5-6,19H2. The van der Waals surface area contributed by atoms with E-state index in [4.69, 9.17) is 33.7 Å². The molecule has 23 heavy (non-hydrogen) atoms. The minimum atomic E-state index is -3.58. The van der Waals surface area contributed by atoms with E-state index in [1.807, 2.05) is 6.07 Å². The van der Waals surface area contributed by atoms with Gasteiger partial charge in [-0.15, -0.1) is 0 Å². The molecule has 120 valence electrons. The van der Waals surface area contributed by atoms with Crippen molar-refractivity contribution in [2.24, 2.45) is 5.73 Å². The lowest BCUT2D eigenvalue weighted by Gasteiger charge is -2.32. The average molecular weight is 371 g/mol. The normalized spacial score (nSPS) is 23.1. The van der Waals surface area contributed by atoms with Crippen molar-refractivity contribution in [1.29, 1.82) is 5.26 Å². The lowest BCUT2D eigenvalue weighted by Crippen LogP contribution is -2.29. The maximum Gasteiger partial charge on any atom is 0.205 e. The molecular formula is C15H12Cl2N2O3S. The molecule has 1 aromatic carbocycles. The molecule has 2 heterocycles. The van der Waals surface area contributed by atoms with Gasteiger partial charge >= 0.3 is 0 Å². The fourth-order valence-corrected chi connectivity index (χ4v) is 5.36. The van der Waals surface area contributed by atoms with Gasteiger partial charge in [-0.25, -0.2) is 8.42 Å². The van der Waals surface area contributed by atoms with E-state index in [1.54, 1.807) is 18.2 Å². The lowest BCUT2D eigenvalue weighted by atomic mass is 9.88. The maximum absolute atomic E-state index is 12.6. The number of benzene rings is 1. The van der Waals surface area contributed by atoms with Crippen molar-refractivity contribution in [2.45, 2.75) is 18.8 Å². The van der Waals surface area contributed by atoms with E-state index in [9.17, 15) is 13.7 Å². The molecule has 0 bridgehead atoms. The van der Waals surface area contributed by atoms with E-state index < -0.39 is 15.8 Å². The first kappa shape index (κ1) is 16.2. The number of hydrogen-bond acceptors (Lipinski definition) is 5. The first-order chi connectivity index (χ1) is 10.9. The lowest BCUT2D eigenvalue weighted by molar-refractivity contribution is 0.265. The van der Waals surface area contributed by atoms with Gasteiger partial charge in [0.15, 0.2) is 9.84 Å². The van der Waals surface area contributed by atoms with Gasteiger partial charge in [-0.05, 0) is 18.6 Å². The van der Waals surface area contributed by atoms with Gasteiger partial charge in [0.1, 0.15) is 17.4 Å². The average Bonchev–Trinajstić information content (AvgIpc) is 2.46. The van der Waals surface area contributed by atoms with Crippen molar-refractivity contribution < 1.29 is 13.2 Å². The second-order valence-corrected chi connectivity index (χ2v) is 8.16. The van der Waals surface area contributed by atoms with E-state index in [-0.39, 0.29) is 37.9 Å². The Morgan fingerprint density at radius 2 is 1.96 bits per heavy atom. The van der Waals surface area contributed by atoms with Crippen molar-refractivity contribution in [2.75, 3.05) is 5.75 Å². The first-order valence-corrected chi connectivity index (χ1v) is 9.25. The largest absolute Gasteiger partial charge is 0.444 e. The minimum Gasteiger partial charge on any atom is -0.444 e. The monoisotopic (exact) mass is 370 g/mol. The van der Waals surface area contributed by atoms with Gasteiger partial charge in [0.25, 0.3) is 0 Å². The van der Waals surface area contributed by atoms with Crippen LogP contribution in [0.15, 0.2) is 40.3 Å². The van der Waals surface area contributed by atoms with E-state index in [1.165, 1.54) is 0 Å². The van der Waals surface area contributed by atoms with Crippen LogP contribution in [0.25, 0.3) is 0 Å². The Balaban J connectivity index is 2.35. The van der Waals surface area contributed by atoms with Crippen LogP contribution < -0.4 is 5.73 Å². The van der Waals surface area contributed by atoms with E-state index in [0.29, 0.717) is 18.4 Å². The topological polar surface area (TPSA) is 93.2 Å². The fraction of sp³-hybridized carbons (Fsp3) is 0.267. The number of sulfone groups is 1. The summed E-state index contributed by atoms with van der Waals surface area (Å²) in [5.41, 5.74) is 6.19. The summed E-state index contributed by atoms with van der Waals surface area (Å²) >= 11 is 12.5. The molecule has 1 atom stereocenters. The highest BCUT2D eigenvalue weighted by Gasteiger charge is 2.43. The fourth-order valence-electron chi connectivity index (χ4n) is 2.91. The zero-order valence-corrected chi connectivity index (χ0v) is 14.2. The minimum absolute atomic E-state index is 0.00391. The van der Waals surface area contributed by atoms with Crippen LogP contribution in [0.4, 0.5) is 0 Å². The molecule has 2 aliphatic heterocycles. The summed E-state index contributed by atoms with van der Waals surface area (Å²) in [4.78, 5) is 0.0458. The van der Waals surface area contributed by atoms with Crippen LogP contribution in [-0.4, -0.2) is 14.2 Å². The summed E-state index contributed by atoms with van der Waals surface area (Å²) in [6.45, 7) is 0. The molecule has 0 aromatic heterocycles. The number of rotatable bonds is 1. The highest BCUT2D eigenvalue weighted by molar-refractivity contribution is 7.95. The van der Waals surface area contributed by atoms with E-state index >= 15 is 0 Å². The third kappa shape index (κ3) is 2.59. The molecule has 0 saturated heterocycles. The van der Waals surface area contributed by atoms with Crippen LogP contribution in [0, 0.1) is 11.3 Å². The molecule has 0 spiro atoms. The van der Waals surface area contributed by atoms with Crippen LogP contribution in [0.1, 0.15) is 24.3 Å². The van der Waals surface area contributed by atoms with Crippen molar-refractivity contribution in [3.8, 4) is 6.07 Å². The van der Waals surface area contributed by atoms with E-state index in [0.717, 1.165) is 0 Å². The molecule has 0 amide bonds. The number of nitrogens with zero attached hydrogens (tertiary/aromatic N) is 1. The highest BCUT2D eigenvalue weighted by atomic mass is 35.5. The molecule has 1 unspecified atom stereocenters. The molecule has 5 nitrogen and oxygen atoms in total. The second kappa shape index (κ2) is 5.75. The van der Waals surface area contributed by atoms with Crippen LogP contribution >= 0.6 is 23.2 Å². The summed E-state index contributed by atoms with van der Waals surface area (Å²) in [5, 5.41) is 10.0. The van der Waals surface area contributed by atoms with Gasteiger partial charge in [-0.2, -0.15) is 5.26 Å². The third-order valence-corrected chi connectivity index (χ3v) is 6.50. The molecule has 0 radical (unpaired) electrons. The molecule has 0 saturated carbocycles. The van der Waals surface area contributed by atoms with Crippen LogP contribution in [-0.2, 0) is 14.6 Å². The molecule has 2 N–H and O–H groups in total. The summed E-state index contributed by atoms with van der Waals surface area (Å²) in [5.74, 6) is -0.778. The Labute approximate surface area is 143 Å². The third-order valence-electron chi connectivity index (χ3n) is 3.89. The zero-order chi connectivity index (χ0) is 16.8. The molecule has 3 rings (SSSR count). The Bertz CT molecular complexity index is 878. The number of ether oxygens (including phenoxy) is 1. The van der Waals surface area contributed by atoms with Crippen LogP contribution in [0.3, 0.4) is 0 Å². The quantitative estimate of drug-likeness (QED) is 0.818. The van der Waals surface area contributed by atoms with Crippen LogP contribution in [0.5, 0.6) is 0 Å². The molecule has 8 heteroatoms. The maximum atomic E-state index is 12.6. The van der Waals surface area contributed by atoms with Gasteiger partial charge in [0.2, 0.25) is 5.88 Å². The number of nitriles is 1. The Hall–Kier alpha value is -1.68. The zero-order valence-electron chi connectivity index (χ0n) is 11.8. The van der Waals surface area contributed by atoms with Gasteiger partial charge < -0.3 is 10.5 Å². The van der Waals surface area contributed by atoms with Crippen molar-refractivity contribution in [1.82, 2.24) is 0 Å². The van der Waals surface area contributed by atoms with Gasteiger partial charge in [0.05, 0.1) is 16.6 Å². The number of allylic oxidation sites excluding steroid dienone is 3. The Morgan fingerprint density at radius 1 is 1.30 bits per heavy atom. The van der Waals surface area contributed by atoms with Gasteiger partial charge in [-0.3, -0.25) is 0 Å². The Kier molecular flexibility index (Phi) is 4.05.